The minimum Gasteiger partial charge on any atom is -0.316 e. The molecule has 0 saturated heterocycles. The van der Waals surface area contributed by atoms with E-state index in [4.69, 9.17) is 11.6 Å². The predicted octanol–water partition coefficient (Wildman–Crippen LogP) is 1.46. The lowest BCUT2D eigenvalue weighted by atomic mass is 10.3. The van der Waals surface area contributed by atoms with Crippen LogP contribution in [0, 0.1) is 5.82 Å². The zero-order valence-electron chi connectivity index (χ0n) is 13.2. The van der Waals surface area contributed by atoms with Crippen molar-refractivity contribution in [3.8, 4) is 0 Å². The molecule has 1 aromatic heterocycles. The van der Waals surface area contributed by atoms with Gasteiger partial charge in [0.25, 0.3) is 0 Å². The molecule has 10 heteroatoms. The minimum atomic E-state index is -3.83. The van der Waals surface area contributed by atoms with E-state index in [-0.39, 0.29) is 34.0 Å². The smallest absolute Gasteiger partial charge is 0.316 e. The van der Waals surface area contributed by atoms with Gasteiger partial charge < -0.3 is 9.55 Å². The Balaban J connectivity index is 1.87. The van der Waals surface area contributed by atoms with Crippen molar-refractivity contribution in [2.24, 2.45) is 0 Å². The third kappa shape index (κ3) is 3.69. The summed E-state index contributed by atoms with van der Waals surface area (Å²) in [6.45, 7) is -0.255. The average Bonchev–Trinajstić information content (AvgIpc) is 2.58. The van der Waals surface area contributed by atoms with Crippen LogP contribution >= 0.6 is 11.6 Å². The van der Waals surface area contributed by atoms with Crippen LogP contribution in [0.3, 0.4) is 0 Å². The first-order chi connectivity index (χ1) is 12.3. The van der Waals surface area contributed by atoms with Crippen LogP contribution in [-0.2, 0) is 16.6 Å². The van der Waals surface area contributed by atoms with Gasteiger partial charge in [0.1, 0.15) is 5.82 Å². The Hall–Kier alpha value is -2.49. The SMILES string of the molecule is O=c1[nH]c2cc(F)ccc2n(CCNS(=O)(=O)c2cccc(Cl)c2)c1=O. The zero-order chi connectivity index (χ0) is 18.9. The summed E-state index contributed by atoms with van der Waals surface area (Å²) in [5.74, 6) is -0.569. The van der Waals surface area contributed by atoms with E-state index in [1.807, 2.05) is 0 Å². The van der Waals surface area contributed by atoms with E-state index in [0.29, 0.717) is 0 Å². The summed E-state index contributed by atoms with van der Waals surface area (Å²) in [7, 11) is -3.83. The molecule has 2 N–H and O–H groups in total. The highest BCUT2D eigenvalue weighted by Gasteiger charge is 2.15. The lowest BCUT2D eigenvalue weighted by Gasteiger charge is -2.11. The molecule has 0 unspecified atom stereocenters. The Morgan fingerprint density at radius 1 is 1.15 bits per heavy atom. The van der Waals surface area contributed by atoms with Crippen molar-refractivity contribution in [1.82, 2.24) is 14.3 Å². The molecular formula is C16H13ClFN3O4S. The van der Waals surface area contributed by atoms with Crippen molar-refractivity contribution in [2.75, 3.05) is 6.54 Å². The maximum atomic E-state index is 13.3. The molecule has 0 radical (unpaired) electrons. The molecule has 0 fully saturated rings. The van der Waals surface area contributed by atoms with Crippen LogP contribution in [-0.4, -0.2) is 24.5 Å². The highest BCUT2D eigenvalue weighted by molar-refractivity contribution is 7.89. The fourth-order valence-electron chi connectivity index (χ4n) is 2.48. The molecule has 7 nitrogen and oxygen atoms in total. The van der Waals surface area contributed by atoms with Gasteiger partial charge in [0.15, 0.2) is 0 Å². The summed E-state index contributed by atoms with van der Waals surface area (Å²) in [5.41, 5.74) is -1.34. The first-order valence-electron chi connectivity index (χ1n) is 7.45. The van der Waals surface area contributed by atoms with Gasteiger partial charge in [0, 0.05) is 18.1 Å². The summed E-state index contributed by atoms with van der Waals surface area (Å²) in [6.07, 6.45) is 0. The third-order valence-corrected chi connectivity index (χ3v) is 5.36. The number of fused-ring (bicyclic) bond motifs is 1. The summed E-state index contributed by atoms with van der Waals surface area (Å²) in [5, 5.41) is 0.270. The van der Waals surface area contributed by atoms with Crippen LogP contribution in [0.4, 0.5) is 4.39 Å². The Kier molecular flexibility index (Phi) is 4.94. The molecule has 0 spiro atoms. The number of halogens is 2. The molecule has 0 amide bonds. The first kappa shape index (κ1) is 18.3. The minimum absolute atomic E-state index is 0.0183. The number of hydrogen-bond acceptors (Lipinski definition) is 4. The van der Waals surface area contributed by atoms with Gasteiger partial charge in [0.05, 0.1) is 15.9 Å². The van der Waals surface area contributed by atoms with Crippen LogP contribution in [0.5, 0.6) is 0 Å². The molecule has 2 aromatic carbocycles. The monoisotopic (exact) mass is 397 g/mol. The van der Waals surface area contributed by atoms with Gasteiger partial charge in [-0.2, -0.15) is 0 Å². The van der Waals surface area contributed by atoms with Crippen molar-refractivity contribution in [3.05, 3.63) is 74.0 Å². The number of nitrogens with one attached hydrogen (secondary N) is 2. The molecular weight excluding hydrogens is 385 g/mol. The number of nitrogens with zero attached hydrogens (tertiary/aromatic N) is 1. The van der Waals surface area contributed by atoms with Crippen LogP contribution < -0.4 is 15.8 Å². The number of H-pyrrole nitrogens is 1. The van der Waals surface area contributed by atoms with Crippen LogP contribution in [0.15, 0.2) is 56.9 Å². The number of sulfonamides is 1. The van der Waals surface area contributed by atoms with Gasteiger partial charge >= 0.3 is 11.1 Å². The molecule has 0 atom stereocenters. The molecule has 1 heterocycles. The Labute approximate surface area is 152 Å². The molecule has 0 aliphatic rings. The second-order valence-electron chi connectivity index (χ2n) is 5.43. The standard InChI is InChI=1S/C16H13ClFN3O4S/c17-10-2-1-3-12(8-10)26(24,25)19-6-7-21-14-5-4-11(18)9-13(14)20-15(22)16(21)23/h1-5,8-9,19H,6-7H2,(H,20,22). The van der Waals surface area contributed by atoms with E-state index >= 15 is 0 Å². The van der Waals surface area contributed by atoms with E-state index in [0.717, 1.165) is 16.7 Å². The van der Waals surface area contributed by atoms with Crippen molar-refractivity contribution >= 4 is 32.7 Å². The topological polar surface area (TPSA) is 101 Å². The number of hydrogen-bond donors (Lipinski definition) is 2. The molecule has 26 heavy (non-hydrogen) atoms. The van der Waals surface area contributed by atoms with Gasteiger partial charge in [-0.3, -0.25) is 9.59 Å². The molecule has 136 valence electrons. The van der Waals surface area contributed by atoms with E-state index in [1.165, 1.54) is 24.3 Å². The third-order valence-electron chi connectivity index (χ3n) is 3.67. The molecule has 0 bridgehead atoms. The number of benzene rings is 2. The van der Waals surface area contributed by atoms with E-state index < -0.39 is 27.0 Å². The van der Waals surface area contributed by atoms with Crippen LogP contribution in [0.25, 0.3) is 11.0 Å². The predicted molar refractivity (Wildman–Crippen MR) is 95.4 cm³/mol. The molecule has 3 rings (SSSR count). The van der Waals surface area contributed by atoms with Gasteiger partial charge in [-0.25, -0.2) is 17.5 Å². The molecule has 0 aliphatic heterocycles. The van der Waals surface area contributed by atoms with E-state index in [1.54, 1.807) is 6.07 Å². The Bertz CT molecular complexity index is 1200. The first-order valence-corrected chi connectivity index (χ1v) is 9.32. The highest BCUT2D eigenvalue weighted by atomic mass is 35.5. The summed E-state index contributed by atoms with van der Waals surface area (Å²) in [4.78, 5) is 26.1. The fraction of sp³-hybridized carbons (Fsp3) is 0.125. The maximum absolute atomic E-state index is 13.3. The number of rotatable bonds is 5. The summed E-state index contributed by atoms with van der Waals surface area (Å²) < 4.78 is 41.3. The van der Waals surface area contributed by atoms with Gasteiger partial charge in [-0.1, -0.05) is 17.7 Å². The number of aromatic amines is 1. The van der Waals surface area contributed by atoms with E-state index in [9.17, 15) is 22.4 Å². The van der Waals surface area contributed by atoms with Gasteiger partial charge in [-0.15, -0.1) is 0 Å². The number of aromatic nitrogens is 2. The molecule has 0 saturated carbocycles. The largest absolute Gasteiger partial charge is 0.316 e. The Morgan fingerprint density at radius 3 is 2.65 bits per heavy atom. The van der Waals surface area contributed by atoms with Crippen LogP contribution in [0.2, 0.25) is 5.02 Å². The molecule has 3 aromatic rings. The van der Waals surface area contributed by atoms with Crippen molar-refractivity contribution in [1.29, 1.82) is 0 Å². The summed E-state index contributed by atoms with van der Waals surface area (Å²) >= 11 is 5.79. The van der Waals surface area contributed by atoms with Crippen molar-refractivity contribution < 1.29 is 12.8 Å². The molecule has 0 aliphatic carbocycles. The van der Waals surface area contributed by atoms with Crippen molar-refractivity contribution in [3.63, 3.8) is 0 Å². The highest BCUT2D eigenvalue weighted by Crippen LogP contribution is 2.15. The Morgan fingerprint density at radius 2 is 1.92 bits per heavy atom. The lowest BCUT2D eigenvalue weighted by molar-refractivity contribution is 0.572. The second-order valence-corrected chi connectivity index (χ2v) is 7.63. The van der Waals surface area contributed by atoms with Crippen LogP contribution in [0.1, 0.15) is 0 Å². The maximum Gasteiger partial charge on any atom is 0.316 e. The average molecular weight is 398 g/mol. The van der Waals surface area contributed by atoms with Gasteiger partial charge in [-0.05, 0) is 36.4 Å². The van der Waals surface area contributed by atoms with Crippen molar-refractivity contribution in [2.45, 2.75) is 11.4 Å². The summed E-state index contributed by atoms with van der Waals surface area (Å²) in [6, 6.07) is 9.29. The lowest BCUT2D eigenvalue weighted by Crippen LogP contribution is -2.39. The normalized spacial score (nSPS) is 11.8. The quantitative estimate of drug-likeness (QED) is 0.636. The van der Waals surface area contributed by atoms with E-state index in [2.05, 4.69) is 9.71 Å². The fourth-order valence-corrected chi connectivity index (χ4v) is 3.80. The second kappa shape index (κ2) is 7.02. The van der Waals surface area contributed by atoms with Gasteiger partial charge in [0.2, 0.25) is 10.0 Å². The zero-order valence-corrected chi connectivity index (χ0v) is 14.8.